The Hall–Kier alpha value is -3.61. The third-order valence-electron chi connectivity index (χ3n) is 5.82. The van der Waals surface area contributed by atoms with Crippen LogP contribution in [0.5, 0.6) is 5.75 Å². The molecule has 1 aromatic carbocycles. The number of carbonyl (C=O) groups excluding carboxylic acids is 1. The largest absolute Gasteiger partial charge is 0.494 e. The van der Waals surface area contributed by atoms with E-state index in [4.69, 9.17) is 9.26 Å². The molecule has 7 nitrogen and oxygen atoms in total. The van der Waals surface area contributed by atoms with Gasteiger partial charge in [-0.25, -0.2) is 4.79 Å². The lowest BCUT2D eigenvalue weighted by Crippen LogP contribution is -2.42. The van der Waals surface area contributed by atoms with Crippen LogP contribution in [0.1, 0.15) is 36.6 Å². The molecule has 1 aliphatic rings. The summed E-state index contributed by atoms with van der Waals surface area (Å²) in [5, 5.41) is 6.66. The van der Waals surface area contributed by atoms with Crippen LogP contribution in [0.25, 0.3) is 6.08 Å². The molecule has 3 aromatic rings. The normalized spacial score (nSPS) is 17.2. The van der Waals surface area contributed by atoms with Crippen LogP contribution in [0.3, 0.4) is 0 Å². The Kier molecular flexibility index (Phi) is 7.40. The highest BCUT2D eigenvalue weighted by atomic mass is 16.5. The van der Waals surface area contributed by atoms with Crippen LogP contribution in [0.4, 0.5) is 10.5 Å². The zero-order valence-corrected chi connectivity index (χ0v) is 19.2. The SMILES string of the molecule is Cc1ccc(NC(=O)N2CC/C(=C\c3cccc(OCCCc4cnoc4)c3)C(C)C2)cn1. The Bertz CT molecular complexity index is 1080. The van der Waals surface area contributed by atoms with Crippen molar-refractivity contribution in [3.63, 3.8) is 0 Å². The van der Waals surface area contributed by atoms with Gasteiger partial charge >= 0.3 is 6.03 Å². The Morgan fingerprint density at radius 3 is 2.97 bits per heavy atom. The fourth-order valence-electron chi connectivity index (χ4n) is 3.92. The molecule has 0 bridgehead atoms. The van der Waals surface area contributed by atoms with Crippen LogP contribution in [-0.2, 0) is 6.42 Å². The van der Waals surface area contributed by atoms with Gasteiger partial charge in [-0.1, -0.05) is 35.9 Å². The Morgan fingerprint density at radius 1 is 1.30 bits per heavy atom. The van der Waals surface area contributed by atoms with E-state index in [1.54, 1.807) is 18.7 Å². The number of aromatic nitrogens is 2. The highest BCUT2D eigenvalue weighted by molar-refractivity contribution is 5.89. The number of carbonyl (C=O) groups is 1. The fourth-order valence-corrected chi connectivity index (χ4v) is 3.92. The smallest absolute Gasteiger partial charge is 0.321 e. The predicted octanol–water partition coefficient (Wildman–Crippen LogP) is 5.35. The molecule has 1 aliphatic heterocycles. The van der Waals surface area contributed by atoms with Gasteiger partial charge in [0, 0.05) is 24.3 Å². The molecule has 7 heteroatoms. The van der Waals surface area contributed by atoms with Crippen LogP contribution >= 0.6 is 0 Å². The van der Waals surface area contributed by atoms with Crippen molar-refractivity contribution in [3.05, 3.63) is 77.4 Å². The van der Waals surface area contributed by atoms with E-state index in [-0.39, 0.29) is 11.9 Å². The number of ether oxygens (including phenoxy) is 1. The van der Waals surface area contributed by atoms with E-state index >= 15 is 0 Å². The van der Waals surface area contributed by atoms with Crippen molar-refractivity contribution in [3.8, 4) is 5.75 Å². The molecule has 172 valence electrons. The average molecular weight is 447 g/mol. The van der Waals surface area contributed by atoms with Crippen molar-refractivity contribution in [2.24, 2.45) is 5.92 Å². The van der Waals surface area contributed by atoms with Crippen LogP contribution in [-0.4, -0.2) is 40.8 Å². The predicted molar refractivity (Wildman–Crippen MR) is 128 cm³/mol. The second-order valence-electron chi connectivity index (χ2n) is 8.49. The number of likely N-dealkylation sites (tertiary alicyclic amines) is 1. The number of nitrogens with one attached hydrogen (secondary N) is 1. The van der Waals surface area contributed by atoms with Gasteiger partial charge in [0.15, 0.2) is 0 Å². The number of amides is 2. The van der Waals surface area contributed by atoms with Crippen molar-refractivity contribution in [2.45, 2.75) is 33.1 Å². The molecule has 33 heavy (non-hydrogen) atoms. The zero-order valence-electron chi connectivity index (χ0n) is 19.2. The summed E-state index contributed by atoms with van der Waals surface area (Å²) in [5.74, 6) is 1.15. The van der Waals surface area contributed by atoms with Gasteiger partial charge in [0.1, 0.15) is 12.0 Å². The van der Waals surface area contributed by atoms with Crippen LogP contribution in [0.2, 0.25) is 0 Å². The molecule has 0 spiro atoms. The minimum atomic E-state index is -0.0758. The molecular formula is C26H30N4O3. The van der Waals surface area contributed by atoms with E-state index < -0.39 is 0 Å². The average Bonchev–Trinajstić information content (AvgIpc) is 3.33. The highest BCUT2D eigenvalue weighted by Gasteiger charge is 2.24. The van der Waals surface area contributed by atoms with Gasteiger partial charge in [-0.3, -0.25) is 4.98 Å². The minimum absolute atomic E-state index is 0.0758. The first-order chi connectivity index (χ1) is 16.1. The number of hydrogen-bond donors (Lipinski definition) is 1. The minimum Gasteiger partial charge on any atom is -0.494 e. The maximum atomic E-state index is 12.7. The number of aryl methyl sites for hydroxylation is 2. The lowest BCUT2D eigenvalue weighted by atomic mass is 9.91. The summed E-state index contributed by atoms with van der Waals surface area (Å²) in [5.41, 5.74) is 5.20. The third kappa shape index (κ3) is 6.44. The van der Waals surface area contributed by atoms with E-state index in [1.807, 2.05) is 36.1 Å². The molecule has 0 aliphatic carbocycles. The molecule has 2 amide bonds. The maximum Gasteiger partial charge on any atom is 0.321 e. The summed E-state index contributed by atoms with van der Waals surface area (Å²) in [6.07, 6.45) is 9.97. The van der Waals surface area contributed by atoms with Crippen LogP contribution in [0, 0.1) is 12.8 Å². The quantitative estimate of drug-likeness (QED) is 0.495. The first kappa shape index (κ1) is 22.6. The summed E-state index contributed by atoms with van der Waals surface area (Å²) in [4.78, 5) is 18.8. The van der Waals surface area contributed by atoms with Crippen molar-refractivity contribution in [2.75, 3.05) is 25.0 Å². The number of benzene rings is 1. The molecule has 1 saturated heterocycles. The molecular weight excluding hydrogens is 416 g/mol. The molecule has 1 atom stereocenters. The Balaban J connectivity index is 1.29. The molecule has 2 aromatic heterocycles. The first-order valence-electron chi connectivity index (χ1n) is 11.4. The molecule has 0 saturated carbocycles. The van der Waals surface area contributed by atoms with Gasteiger partial charge in [0.05, 0.1) is 24.7 Å². The van der Waals surface area contributed by atoms with E-state index in [0.29, 0.717) is 19.7 Å². The van der Waals surface area contributed by atoms with Gasteiger partial charge in [-0.15, -0.1) is 0 Å². The standard InChI is InChI=1S/C26H30N4O3/c1-19-17-30(26(31)29-24-9-8-20(2)27-16-24)11-10-23(19)13-21-5-3-7-25(14-21)32-12-4-6-22-15-28-33-18-22/h3,5,7-9,13-16,18-19H,4,6,10-12,17H2,1-2H3,(H,29,31)/b23-13+. The van der Waals surface area contributed by atoms with E-state index in [0.717, 1.165) is 47.5 Å². The first-order valence-corrected chi connectivity index (χ1v) is 11.4. The molecule has 0 radical (unpaired) electrons. The lowest BCUT2D eigenvalue weighted by Gasteiger charge is -2.33. The number of piperidine rings is 1. The van der Waals surface area contributed by atoms with Gasteiger partial charge in [0.2, 0.25) is 0 Å². The van der Waals surface area contributed by atoms with Crippen LogP contribution in [0.15, 0.2) is 65.2 Å². The van der Waals surface area contributed by atoms with E-state index in [2.05, 4.69) is 40.6 Å². The molecule has 3 heterocycles. The van der Waals surface area contributed by atoms with Gasteiger partial charge in [0.25, 0.3) is 0 Å². The summed E-state index contributed by atoms with van der Waals surface area (Å²) < 4.78 is 10.8. The lowest BCUT2D eigenvalue weighted by molar-refractivity contribution is 0.198. The second kappa shape index (κ2) is 10.8. The molecule has 4 rings (SSSR count). The van der Waals surface area contributed by atoms with Crippen molar-refractivity contribution in [1.29, 1.82) is 0 Å². The zero-order chi connectivity index (χ0) is 23.0. The maximum absolute atomic E-state index is 12.7. The highest BCUT2D eigenvalue weighted by Crippen LogP contribution is 2.26. The van der Waals surface area contributed by atoms with Crippen LogP contribution < -0.4 is 10.1 Å². The van der Waals surface area contributed by atoms with Crippen molar-refractivity contribution in [1.82, 2.24) is 15.0 Å². The Morgan fingerprint density at radius 2 is 2.21 bits per heavy atom. The van der Waals surface area contributed by atoms with Crippen molar-refractivity contribution < 1.29 is 14.1 Å². The monoisotopic (exact) mass is 446 g/mol. The number of urea groups is 1. The summed E-state index contributed by atoms with van der Waals surface area (Å²) in [7, 11) is 0. The van der Waals surface area contributed by atoms with Gasteiger partial charge in [-0.05, 0) is 61.9 Å². The van der Waals surface area contributed by atoms with Gasteiger partial charge < -0.3 is 19.5 Å². The third-order valence-corrected chi connectivity index (χ3v) is 5.82. The number of pyridine rings is 1. The number of hydrogen-bond acceptors (Lipinski definition) is 5. The summed E-state index contributed by atoms with van der Waals surface area (Å²) >= 11 is 0. The fraction of sp³-hybridized carbons (Fsp3) is 0.346. The molecule has 1 unspecified atom stereocenters. The second-order valence-corrected chi connectivity index (χ2v) is 8.49. The Labute approximate surface area is 194 Å². The topological polar surface area (TPSA) is 80.5 Å². The van der Waals surface area contributed by atoms with E-state index in [9.17, 15) is 4.79 Å². The molecule has 1 N–H and O–H groups in total. The van der Waals surface area contributed by atoms with Crippen molar-refractivity contribution >= 4 is 17.8 Å². The number of anilines is 1. The summed E-state index contributed by atoms with van der Waals surface area (Å²) in [6.45, 7) is 6.12. The summed E-state index contributed by atoms with van der Waals surface area (Å²) in [6, 6.07) is 11.9. The molecule has 1 fully saturated rings. The van der Waals surface area contributed by atoms with Gasteiger partial charge in [-0.2, -0.15) is 0 Å². The number of nitrogens with zero attached hydrogens (tertiary/aromatic N) is 3. The van der Waals surface area contributed by atoms with E-state index in [1.165, 1.54) is 5.57 Å². The number of rotatable bonds is 7.